The first kappa shape index (κ1) is 33.1. The molecule has 0 aliphatic carbocycles. The molecule has 0 saturated heterocycles. The Hall–Kier alpha value is -2.93. The van der Waals surface area contributed by atoms with Gasteiger partial charge in [-0.15, -0.1) is 0 Å². The summed E-state index contributed by atoms with van der Waals surface area (Å²) in [5.74, 6) is -2.10. The second-order valence-corrected chi connectivity index (χ2v) is 9.09. The van der Waals surface area contributed by atoms with Crippen molar-refractivity contribution in [3.05, 3.63) is 60.8 Å². The van der Waals surface area contributed by atoms with E-state index in [1.165, 1.54) is 0 Å². The highest BCUT2D eigenvalue weighted by Gasteiger charge is 2.34. The third kappa shape index (κ3) is 19.4. The van der Waals surface area contributed by atoms with Crippen LogP contribution in [0.4, 0.5) is 0 Å². The molecular formula is C29H45NO6. The van der Waals surface area contributed by atoms with Crippen molar-refractivity contribution in [2.45, 2.75) is 84.7 Å². The van der Waals surface area contributed by atoms with Gasteiger partial charge in [-0.25, -0.2) is 0 Å². The molecule has 0 bridgehead atoms. The van der Waals surface area contributed by atoms with Gasteiger partial charge in [0.05, 0.1) is 13.0 Å². The molecule has 3 N–H and O–H groups in total. The van der Waals surface area contributed by atoms with E-state index in [0.717, 1.165) is 38.5 Å². The number of aliphatic hydroxyl groups excluding tert-OH is 1. The molecule has 0 aliphatic heterocycles. The molecule has 0 saturated carbocycles. The molecule has 0 aromatic carbocycles. The molecule has 36 heavy (non-hydrogen) atoms. The van der Waals surface area contributed by atoms with Crippen molar-refractivity contribution in [2.24, 2.45) is 5.41 Å². The Kier molecular flexibility index (Phi) is 19.6. The maximum absolute atomic E-state index is 12.0. The Morgan fingerprint density at radius 2 is 1.33 bits per heavy atom. The largest absolute Gasteiger partial charge is 0.481 e. The molecule has 0 rings (SSSR count). The molecule has 0 fully saturated rings. The number of aliphatic hydroxyl groups is 1. The summed E-state index contributed by atoms with van der Waals surface area (Å²) in [6.45, 7) is 5.17. The number of allylic oxidation sites excluding steroid dienone is 10. The molecule has 0 unspecified atom stereocenters. The molecule has 0 aromatic heterocycles. The van der Waals surface area contributed by atoms with Crippen molar-refractivity contribution in [1.82, 2.24) is 5.32 Å². The van der Waals surface area contributed by atoms with Gasteiger partial charge in [0.2, 0.25) is 5.91 Å². The number of amides is 1. The first-order chi connectivity index (χ1) is 17.2. The quantitative estimate of drug-likeness (QED) is 0.116. The molecule has 202 valence electrons. The third-order valence-corrected chi connectivity index (χ3v) is 5.14. The molecule has 1 atom stereocenters. The number of ether oxygens (including phenoxy) is 1. The lowest BCUT2D eigenvalue weighted by molar-refractivity contribution is -0.153. The van der Waals surface area contributed by atoms with Crippen LogP contribution in [0.25, 0.3) is 0 Å². The summed E-state index contributed by atoms with van der Waals surface area (Å²) in [5.41, 5.74) is -0.993. The average molecular weight is 504 g/mol. The zero-order valence-corrected chi connectivity index (χ0v) is 22.2. The summed E-state index contributed by atoms with van der Waals surface area (Å²) in [5, 5.41) is 21.1. The van der Waals surface area contributed by atoms with Crippen molar-refractivity contribution in [3.8, 4) is 0 Å². The van der Waals surface area contributed by atoms with Gasteiger partial charge in [0.1, 0.15) is 6.10 Å². The predicted octanol–water partition coefficient (Wildman–Crippen LogP) is 5.43. The summed E-state index contributed by atoms with van der Waals surface area (Å²) < 4.78 is 5.23. The number of aliphatic carboxylic acids is 1. The van der Waals surface area contributed by atoms with Crippen molar-refractivity contribution >= 4 is 17.8 Å². The summed E-state index contributed by atoms with van der Waals surface area (Å²) in [6.07, 6.45) is 26.2. The molecule has 0 spiro atoms. The number of esters is 1. The van der Waals surface area contributed by atoms with Crippen LogP contribution < -0.4 is 5.32 Å². The van der Waals surface area contributed by atoms with Crippen LogP contribution in [0.2, 0.25) is 0 Å². The minimum atomic E-state index is -1.42. The Balaban J connectivity index is 3.92. The van der Waals surface area contributed by atoms with E-state index in [2.05, 4.69) is 66.9 Å². The van der Waals surface area contributed by atoms with E-state index in [1.54, 1.807) is 13.8 Å². The summed E-state index contributed by atoms with van der Waals surface area (Å²) >= 11 is 0. The highest BCUT2D eigenvalue weighted by atomic mass is 16.5. The fraction of sp³-hybridized carbons (Fsp3) is 0.552. The topological polar surface area (TPSA) is 113 Å². The molecule has 1 amide bonds. The predicted molar refractivity (Wildman–Crippen MR) is 144 cm³/mol. The average Bonchev–Trinajstić information content (AvgIpc) is 2.83. The minimum absolute atomic E-state index is 0.0725. The lowest BCUT2D eigenvalue weighted by atomic mass is 9.87. The van der Waals surface area contributed by atoms with Gasteiger partial charge in [-0.1, -0.05) is 81.5 Å². The normalized spacial score (nSPS) is 13.4. The number of unbranched alkanes of at least 4 members (excludes halogenated alkanes) is 1. The number of nitrogens with one attached hydrogen (secondary N) is 1. The number of rotatable bonds is 20. The number of carboxylic acid groups (broad SMARTS) is 1. The number of hydrogen-bond acceptors (Lipinski definition) is 5. The van der Waals surface area contributed by atoms with Crippen LogP contribution in [-0.4, -0.2) is 47.3 Å². The Morgan fingerprint density at radius 1 is 0.833 bits per heavy atom. The van der Waals surface area contributed by atoms with Crippen molar-refractivity contribution in [2.75, 3.05) is 13.2 Å². The van der Waals surface area contributed by atoms with Gasteiger partial charge in [-0.2, -0.15) is 0 Å². The highest BCUT2D eigenvalue weighted by molar-refractivity contribution is 5.81. The molecule has 0 aromatic rings. The van der Waals surface area contributed by atoms with E-state index in [9.17, 15) is 19.5 Å². The van der Waals surface area contributed by atoms with E-state index in [-0.39, 0.29) is 32.0 Å². The van der Waals surface area contributed by atoms with Crippen LogP contribution in [0.3, 0.4) is 0 Å². The molecular weight excluding hydrogens is 458 g/mol. The van der Waals surface area contributed by atoms with Crippen molar-refractivity contribution in [1.29, 1.82) is 0 Å². The second-order valence-electron chi connectivity index (χ2n) is 9.09. The number of carbonyl (C=O) groups is 3. The molecule has 7 heteroatoms. The highest BCUT2D eigenvalue weighted by Crippen LogP contribution is 2.22. The van der Waals surface area contributed by atoms with Gasteiger partial charge in [0.15, 0.2) is 0 Å². The second kappa shape index (κ2) is 21.4. The maximum Gasteiger partial charge on any atom is 0.305 e. The Bertz CT molecular complexity index is 777. The summed E-state index contributed by atoms with van der Waals surface area (Å²) in [6, 6.07) is 0. The monoisotopic (exact) mass is 503 g/mol. The maximum atomic E-state index is 12.0. The minimum Gasteiger partial charge on any atom is -0.481 e. The lowest BCUT2D eigenvalue weighted by Gasteiger charge is -2.28. The SMILES string of the molecule is CCC=CCC=CCC=CCC=CCC=CCCCC(=O)OCC(C)(C)[C@@H](O)C(=O)NCCC(=O)O. The van der Waals surface area contributed by atoms with E-state index >= 15 is 0 Å². The van der Waals surface area contributed by atoms with E-state index < -0.39 is 23.4 Å². The van der Waals surface area contributed by atoms with Gasteiger partial charge >= 0.3 is 11.9 Å². The molecule has 7 nitrogen and oxygen atoms in total. The fourth-order valence-electron chi connectivity index (χ4n) is 2.89. The first-order valence-electron chi connectivity index (χ1n) is 12.8. The third-order valence-electron chi connectivity index (χ3n) is 5.14. The van der Waals surface area contributed by atoms with Crippen LogP contribution in [0.1, 0.15) is 78.6 Å². The van der Waals surface area contributed by atoms with Crippen LogP contribution in [-0.2, 0) is 19.1 Å². The van der Waals surface area contributed by atoms with Gasteiger partial charge in [0, 0.05) is 18.4 Å². The summed E-state index contributed by atoms with van der Waals surface area (Å²) in [4.78, 5) is 34.4. The standard InChI is InChI=1S/C29H45NO6/c1-4-5-6-7-8-9-10-11-12-13-14-15-16-17-18-19-20-21-26(33)36-24-29(2,3)27(34)28(35)30-23-22-25(31)32/h5-6,8-9,11-12,14-15,17-18,27,34H,4,7,10,13,16,19-24H2,1-3H3,(H,30,35)(H,31,32)/t27-/m0/s1. The Morgan fingerprint density at radius 3 is 1.83 bits per heavy atom. The molecule has 0 radical (unpaired) electrons. The lowest BCUT2D eigenvalue weighted by Crippen LogP contribution is -2.46. The molecule has 0 heterocycles. The van der Waals surface area contributed by atoms with E-state index in [4.69, 9.17) is 9.84 Å². The Labute approximate surface area is 216 Å². The number of carboxylic acids is 1. The van der Waals surface area contributed by atoms with Crippen molar-refractivity contribution < 1.29 is 29.3 Å². The fourth-order valence-corrected chi connectivity index (χ4v) is 2.89. The van der Waals surface area contributed by atoms with Gasteiger partial charge in [0.25, 0.3) is 0 Å². The smallest absolute Gasteiger partial charge is 0.305 e. The number of carbonyl (C=O) groups excluding carboxylic acids is 2. The van der Waals surface area contributed by atoms with Crippen LogP contribution in [0, 0.1) is 5.41 Å². The zero-order chi connectivity index (χ0) is 27.1. The van der Waals surface area contributed by atoms with E-state index in [0.29, 0.717) is 6.42 Å². The zero-order valence-electron chi connectivity index (χ0n) is 22.2. The first-order valence-corrected chi connectivity index (χ1v) is 12.8. The van der Waals surface area contributed by atoms with Crippen LogP contribution in [0.5, 0.6) is 0 Å². The van der Waals surface area contributed by atoms with Crippen LogP contribution >= 0.6 is 0 Å². The van der Waals surface area contributed by atoms with E-state index in [1.807, 2.05) is 6.08 Å². The van der Waals surface area contributed by atoms with Gasteiger partial charge < -0.3 is 20.3 Å². The van der Waals surface area contributed by atoms with Crippen LogP contribution in [0.15, 0.2) is 60.8 Å². The van der Waals surface area contributed by atoms with Gasteiger partial charge in [-0.05, 0) is 44.9 Å². The van der Waals surface area contributed by atoms with Crippen molar-refractivity contribution in [3.63, 3.8) is 0 Å². The molecule has 0 aliphatic rings. The van der Waals surface area contributed by atoms with Gasteiger partial charge in [-0.3, -0.25) is 14.4 Å². The summed E-state index contributed by atoms with van der Waals surface area (Å²) in [7, 11) is 0. The number of hydrogen-bond donors (Lipinski definition) is 3.